The lowest BCUT2D eigenvalue weighted by Crippen LogP contribution is -2.41. The molecule has 1 heterocycles. The van der Waals surface area contributed by atoms with Gasteiger partial charge in [0.1, 0.15) is 0 Å². The summed E-state index contributed by atoms with van der Waals surface area (Å²) in [4.78, 5) is 11.5. The molecule has 2 atom stereocenters. The van der Waals surface area contributed by atoms with Gasteiger partial charge in [0, 0.05) is 24.4 Å². The number of hydrogen-bond acceptors (Lipinski definition) is 2. The minimum absolute atomic E-state index is 0.190. The van der Waals surface area contributed by atoms with E-state index in [1.54, 1.807) is 0 Å². The van der Waals surface area contributed by atoms with Gasteiger partial charge in [-0.15, -0.1) is 0 Å². The van der Waals surface area contributed by atoms with Crippen molar-refractivity contribution >= 4 is 21.8 Å². The van der Waals surface area contributed by atoms with E-state index < -0.39 is 0 Å². The summed E-state index contributed by atoms with van der Waals surface area (Å²) < 4.78 is 5.43. The fourth-order valence-corrected chi connectivity index (χ4v) is 2.21. The summed E-state index contributed by atoms with van der Waals surface area (Å²) in [5.74, 6) is 0.190. The lowest BCUT2D eigenvalue weighted by atomic mass is 10.0. The van der Waals surface area contributed by atoms with E-state index >= 15 is 0 Å². The van der Waals surface area contributed by atoms with Gasteiger partial charge in [0.15, 0.2) is 0 Å². The lowest BCUT2D eigenvalue weighted by Gasteiger charge is -2.27. The predicted molar refractivity (Wildman–Crippen MR) is 64.2 cm³/mol. The molecule has 0 saturated carbocycles. The lowest BCUT2D eigenvalue weighted by molar-refractivity contribution is -0.122. The number of hydrogen-bond donors (Lipinski definition) is 1. The summed E-state index contributed by atoms with van der Waals surface area (Å²) in [6.45, 7) is 2.83. The van der Waals surface area contributed by atoms with Crippen LogP contribution in [0.4, 0.5) is 0 Å². The van der Waals surface area contributed by atoms with Crippen LogP contribution in [0.5, 0.6) is 0 Å². The molecule has 3 nitrogen and oxygen atoms in total. The third-order valence-electron chi connectivity index (χ3n) is 2.64. The number of nitrogens with one attached hydrogen (secondary N) is 1. The number of carbonyl (C=O) groups excluding carboxylic acids is 1. The largest absolute Gasteiger partial charge is 0.378 e. The zero-order valence-electron chi connectivity index (χ0n) is 9.30. The molecule has 0 aromatic carbocycles. The van der Waals surface area contributed by atoms with Gasteiger partial charge in [0.25, 0.3) is 0 Å². The first-order valence-electron chi connectivity index (χ1n) is 5.69. The molecule has 88 valence electrons. The normalized spacial score (nSPS) is 26.3. The van der Waals surface area contributed by atoms with Crippen molar-refractivity contribution in [2.24, 2.45) is 0 Å². The van der Waals surface area contributed by atoms with E-state index in [2.05, 4.69) is 28.2 Å². The molecule has 1 N–H and O–H groups in total. The van der Waals surface area contributed by atoms with Crippen molar-refractivity contribution in [2.75, 3.05) is 11.9 Å². The molecular formula is C11H20BrNO2. The van der Waals surface area contributed by atoms with Crippen LogP contribution in [0.25, 0.3) is 0 Å². The maximum absolute atomic E-state index is 11.5. The molecule has 0 spiro atoms. The Morgan fingerprint density at radius 3 is 3.00 bits per heavy atom. The van der Waals surface area contributed by atoms with Gasteiger partial charge in [0.2, 0.25) is 5.91 Å². The van der Waals surface area contributed by atoms with Gasteiger partial charge in [-0.05, 0) is 32.6 Å². The number of ether oxygens (including phenoxy) is 1. The average Bonchev–Trinajstić information content (AvgIpc) is 2.18. The van der Waals surface area contributed by atoms with Gasteiger partial charge < -0.3 is 10.1 Å². The van der Waals surface area contributed by atoms with Crippen molar-refractivity contribution in [3.63, 3.8) is 0 Å². The standard InChI is InChI=1S/C11H20BrNO2/c1-9-8-10(5-7-15-9)13-11(14)4-2-3-6-12/h9-10H,2-8H2,1H3,(H,13,14). The van der Waals surface area contributed by atoms with Gasteiger partial charge >= 0.3 is 0 Å². The summed E-state index contributed by atoms with van der Waals surface area (Å²) in [5.41, 5.74) is 0. The van der Waals surface area contributed by atoms with Gasteiger partial charge in [-0.2, -0.15) is 0 Å². The van der Waals surface area contributed by atoms with Crippen LogP contribution in [0.15, 0.2) is 0 Å². The Hall–Kier alpha value is -0.0900. The second kappa shape index (κ2) is 7.23. The maximum atomic E-state index is 11.5. The second-order valence-corrected chi connectivity index (χ2v) is 4.91. The third kappa shape index (κ3) is 5.52. The Labute approximate surface area is 100 Å². The summed E-state index contributed by atoms with van der Waals surface area (Å²) in [6, 6.07) is 0.324. The quantitative estimate of drug-likeness (QED) is 0.618. The van der Waals surface area contributed by atoms with Crippen LogP contribution < -0.4 is 5.32 Å². The average molecular weight is 278 g/mol. The molecule has 1 aliphatic rings. The number of halogens is 1. The highest BCUT2D eigenvalue weighted by atomic mass is 79.9. The Kier molecular flexibility index (Phi) is 6.25. The van der Waals surface area contributed by atoms with Crippen LogP contribution >= 0.6 is 15.9 Å². The van der Waals surface area contributed by atoms with E-state index in [-0.39, 0.29) is 12.0 Å². The highest BCUT2D eigenvalue weighted by Crippen LogP contribution is 2.13. The Balaban J connectivity index is 2.13. The fourth-order valence-electron chi connectivity index (χ4n) is 1.81. The van der Waals surface area contributed by atoms with E-state index in [9.17, 15) is 4.79 Å². The van der Waals surface area contributed by atoms with Crippen molar-refractivity contribution in [3.8, 4) is 0 Å². The monoisotopic (exact) mass is 277 g/mol. The molecule has 0 aromatic heterocycles. The molecule has 0 radical (unpaired) electrons. The van der Waals surface area contributed by atoms with E-state index in [0.29, 0.717) is 12.5 Å². The van der Waals surface area contributed by atoms with Crippen molar-refractivity contribution in [1.82, 2.24) is 5.32 Å². The number of amides is 1. The molecule has 1 rings (SSSR count). The van der Waals surface area contributed by atoms with Crippen LogP contribution in [0.2, 0.25) is 0 Å². The topological polar surface area (TPSA) is 38.3 Å². The van der Waals surface area contributed by atoms with E-state index in [0.717, 1.165) is 37.6 Å². The van der Waals surface area contributed by atoms with Crippen molar-refractivity contribution < 1.29 is 9.53 Å². The van der Waals surface area contributed by atoms with Crippen LogP contribution in [-0.4, -0.2) is 30.0 Å². The molecule has 2 unspecified atom stereocenters. The Morgan fingerprint density at radius 2 is 2.33 bits per heavy atom. The van der Waals surface area contributed by atoms with Crippen molar-refractivity contribution in [2.45, 2.75) is 51.2 Å². The smallest absolute Gasteiger partial charge is 0.220 e. The summed E-state index contributed by atoms with van der Waals surface area (Å²) in [5, 5.41) is 4.05. The number of rotatable bonds is 5. The zero-order chi connectivity index (χ0) is 11.1. The predicted octanol–water partition coefficient (Wildman–Crippen LogP) is 2.24. The molecular weight excluding hydrogens is 258 g/mol. The molecule has 1 fully saturated rings. The molecule has 1 amide bonds. The highest BCUT2D eigenvalue weighted by molar-refractivity contribution is 9.09. The summed E-state index contributed by atoms with van der Waals surface area (Å²) >= 11 is 3.36. The SMILES string of the molecule is CC1CC(NC(=O)CCCCBr)CCO1. The Bertz CT molecular complexity index is 199. The second-order valence-electron chi connectivity index (χ2n) is 4.12. The van der Waals surface area contributed by atoms with Crippen LogP contribution in [-0.2, 0) is 9.53 Å². The molecule has 0 bridgehead atoms. The number of unbranched alkanes of at least 4 members (excludes halogenated alkanes) is 1. The van der Waals surface area contributed by atoms with Gasteiger partial charge in [0.05, 0.1) is 6.10 Å². The molecule has 15 heavy (non-hydrogen) atoms. The zero-order valence-corrected chi connectivity index (χ0v) is 10.9. The fraction of sp³-hybridized carbons (Fsp3) is 0.909. The highest BCUT2D eigenvalue weighted by Gasteiger charge is 2.20. The maximum Gasteiger partial charge on any atom is 0.220 e. The third-order valence-corrected chi connectivity index (χ3v) is 3.20. The minimum Gasteiger partial charge on any atom is -0.378 e. The summed E-state index contributed by atoms with van der Waals surface area (Å²) in [7, 11) is 0. The van der Waals surface area contributed by atoms with Crippen LogP contribution in [0.1, 0.15) is 39.0 Å². The minimum atomic E-state index is 0.190. The van der Waals surface area contributed by atoms with Gasteiger partial charge in [-0.25, -0.2) is 0 Å². The number of carbonyl (C=O) groups is 1. The van der Waals surface area contributed by atoms with Gasteiger partial charge in [-0.1, -0.05) is 15.9 Å². The van der Waals surface area contributed by atoms with Gasteiger partial charge in [-0.3, -0.25) is 4.79 Å². The van der Waals surface area contributed by atoms with Crippen LogP contribution in [0.3, 0.4) is 0 Å². The van der Waals surface area contributed by atoms with E-state index in [1.165, 1.54) is 0 Å². The molecule has 0 aliphatic carbocycles. The Morgan fingerprint density at radius 1 is 1.53 bits per heavy atom. The van der Waals surface area contributed by atoms with Crippen molar-refractivity contribution in [1.29, 1.82) is 0 Å². The first-order valence-corrected chi connectivity index (χ1v) is 6.81. The van der Waals surface area contributed by atoms with E-state index in [4.69, 9.17) is 4.74 Å². The first-order chi connectivity index (χ1) is 7.22. The number of alkyl halides is 1. The van der Waals surface area contributed by atoms with Crippen molar-refractivity contribution in [3.05, 3.63) is 0 Å². The molecule has 1 saturated heterocycles. The molecule has 0 aromatic rings. The first kappa shape index (κ1) is 13.0. The van der Waals surface area contributed by atoms with Crippen LogP contribution in [0, 0.1) is 0 Å². The summed E-state index contributed by atoms with van der Waals surface area (Å²) in [6.07, 6.45) is 4.87. The molecule has 1 aliphatic heterocycles. The van der Waals surface area contributed by atoms with E-state index in [1.807, 2.05) is 0 Å². The molecule has 4 heteroatoms.